The summed E-state index contributed by atoms with van der Waals surface area (Å²) < 4.78 is 7.02. The van der Waals surface area contributed by atoms with Crippen molar-refractivity contribution in [1.29, 1.82) is 0 Å². The predicted molar refractivity (Wildman–Crippen MR) is 125 cm³/mol. The number of aromatic nitrogens is 3. The van der Waals surface area contributed by atoms with E-state index in [4.69, 9.17) is 4.74 Å². The van der Waals surface area contributed by atoms with E-state index < -0.39 is 0 Å². The van der Waals surface area contributed by atoms with E-state index in [0.717, 1.165) is 34.2 Å². The third-order valence-corrected chi connectivity index (χ3v) is 5.69. The number of hydrogen-bond donors (Lipinski definition) is 1. The number of H-pyrrole nitrogens is 1. The molecule has 0 saturated heterocycles. The van der Waals surface area contributed by atoms with Gasteiger partial charge in [-0.05, 0) is 52.3 Å². The second-order valence-corrected chi connectivity index (χ2v) is 8.28. The summed E-state index contributed by atoms with van der Waals surface area (Å²) in [5, 5.41) is 9.25. The van der Waals surface area contributed by atoms with Crippen molar-refractivity contribution in [2.45, 2.75) is 59.7 Å². The standard InChI is InChI=1S/C24H34N4O2/c1-7-27-21-11-10-18(9-8-13-28(16(2)3)17(4)5)15-19(21)23-22(24(27)29)20(25-26-23)12-14-30-6/h8-11,15-17H,7,12-14H2,1-6H3,(H,25,26)/b9-8+. The maximum atomic E-state index is 13.1. The van der Waals surface area contributed by atoms with Crippen molar-refractivity contribution < 1.29 is 4.74 Å². The highest BCUT2D eigenvalue weighted by Gasteiger charge is 2.16. The van der Waals surface area contributed by atoms with Crippen molar-refractivity contribution in [1.82, 2.24) is 19.7 Å². The van der Waals surface area contributed by atoms with Gasteiger partial charge < -0.3 is 9.30 Å². The molecule has 30 heavy (non-hydrogen) atoms. The van der Waals surface area contributed by atoms with E-state index in [1.807, 2.05) is 17.6 Å². The van der Waals surface area contributed by atoms with E-state index in [1.165, 1.54) is 0 Å². The predicted octanol–water partition coefficient (Wildman–Crippen LogP) is 4.22. The van der Waals surface area contributed by atoms with Gasteiger partial charge in [0, 0.05) is 44.1 Å². The Kier molecular flexibility index (Phi) is 7.10. The molecular formula is C24H34N4O2. The number of rotatable bonds is 9. The van der Waals surface area contributed by atoms with Crippen LogP contribution in [0.2, 0.25) is 0 Å². The van der Waals surface area contributed by atoms with Crippen LogP contribution in [0.25, 0.3) is 27.9 Å². The maximum Gasteiger partial charge on any atom is 0.262 e. The molecule has 0 unspecified atom stereocenters. The minimum atomic E-state index is 0.00709. The Morgan fingerprint density at radius 2 is 1.97 bits per heavy atom. The molecule has 2 aromatic heterocycles. The highest BCUT2D eigenvalue weighted by atomic mass is 16.5. The number of ether oxygens (including phenoxy) is 1. The molecule has 1 aromatic carbocycles. The molecule has 6 heteroatoms. The van der Waals surface area contributed by atoms with E-state index in [2.05, 4.69) is 67.1 Å². The van der Waals surface area contributed by atoms with Crippen LogP contribution < -0.4 is 5.56 Å². The van der Waals surface area contributed by atoms with E-state index in [0.29, 0.717) is 37.0 Å². The van der Waals surface area contributed by atoms with Crippen molar-refractivity contribution in [3.05, 3.63) is 45.9 Å². The van der Waals surface area contributed by atoms with Crippen molar-refractivity contribution in [3.8, 4) is 0 Å². The topological polar surface area (TPSA) is 63.1 Å². The average Bonchev–Trinajstić information content (AvgIpc) is 3.14. The lowest BCUT2D eigenvalue weighted by molar-refractivity contribution is 0.196. The summed E-state index contributed by atoms with van der Waals surface area (Å²) in [6.07, 6.45) is 5.00. The number of pyridine rings is 1. The molecule has 3 rings (SSSR count). The van der Waals surface area contributed by atoms with Gasteiger partial charge in [0.15, 0.2) is 0 Å². The lowest BCUT2D eigenvalue weighted by atomic mass is 10.1. The van der Waals surface area contributed by atoms with Crippen LogP contribution in [-0.2, 0) is 17.7 Å². The van der Waals surface area contributed by atoms with Crippen LogP contribution in [-0.4, -0.2) is 52.0 Å². The summed E-state index contributed by atoms with van der Waals surface area (Å²) in [5.41, 5.74) is 3.62. The van der Waals surface area contributed by atoms with Gasteiger partial charge in [0.05, 0.1) is 23.2 Å². The van der Waals surface area contributed by atoms with E-state index in [-0.39, 0.29) is 5.56 Å². The first-order valence-electron chi connectivity index (χ1n) is 10.8. The Hall–Kier alpha value is -2.44. The molecule has 0 radical (unpaired) electrons. The first-order chi connectivity index (χ1) is 14.4. The van der Waals surface area contributed by atoms with Crippen LogP contribution in [0.1, 0.15) is 45.9 Å². The smallest absolute Gasteiger partial charge is 0.262 e. The fraction of sp³-hybridized carbons (Fsp3) is 0.500. The Bertz CT molecular complexity index is 1080. The van der Waals surface area contributed by atoms with Gasteiger partial charge in [0.2, 0.25) is 0 Å². The van der Waals surface area contributed by atoms with Crippen LogP contribution in [0.3, 0.4) is 0 Å². The summed E-state index contributed by atoms with van der Waals surface area (Å²) in [7, 11) is 1.66. The lowest BCUT2D eigenvalue weighted by Crippen LogP contribution is -2.36. The van der Waals surface area contributed by atoms with Crippen LogP contribution in [0.5, 0.6) is 0 Å². The molecule has 2 heterocycles. The minimum Gasteiger partial charge on any atom is -0.384 e. The summed E-state index contributed by atoms with van der Waals surface area (Å²) >= 11 is 0. The average molecular weight is 411 g/mol. The van der Waals surface area contributed by atoms with Gasteiger partial charge >= 0.3 is 0 Å². The first-order valence-corrected chi connectivity index (χ1v) is 10.8. The van der Waals surface area contributed by atoms with E-state index in [1.54, 1.807) is 7.11 Å². The Morgan fingerprint density at radius 3 is 2.60 bits per heavy atom. The van der Waals surface area contributed by atoms with Crippen LogP contribution in [0, 0.1) is 0 Å². The molecule has 0 atom stereocenters. The van der Waals surface area contributed by atoms with Crippen molar-refractivity contribution in [2.75, 3.05) is 20.3 Å². The molecule has 1 N–H and O–H groups in total. The number of fused-ring (bicyclic) bond motifs is 3. The Labute approximate surface area is 178 Å². The fourth-order valence-corrected chi connectivity index (χ4v) is 4.16. The number of nitrogens with one attached hydrogen (secondary N) is 1. The Morgan fingerprint density at radius 1 is 1.23 bits per heavy atom. The highest BCUT2D eigenvalue weighted by molar-refractivity contribution is 6.04. The molecule has 6 nitrogen and oxygen atoms in total. The quantitative estimate of drug-likeness (QED) is 0.574. The van der Waals surface area contributed by atoms with Gasteiger partial charge in [-0.2, -0.15) is 5.10 Å². The maximum absolute atomic E-state index is 13.1. The van der Waals surface area contributed by atoms with Crippen molar-refractivity contribution in [3.63, 3.8) is 0 Å². The summed E-state index contributed by atoms with van der Waals surface area (Å²) in [6.45, 7) is 13.0. The van der Waals surface area contributed by atoms with E-state index >= 15 is 0 Å². The van der Waals surface area contributed by atoms with Crippen LogP contribution >= 0.6 is 0 Å². The molecule has 0 aliphatic rings. The van der Waals surface area contributed by atoms with Crippen molar-refractivity contribution in [2.24, 2.45) is 0 Å². The summed E-state index contributed by atoms with van der Waals surface area (Å²) in [4.78, 5) is 15.6. The molecule has 0 amide bonds. The van der Waals surface area contributed by atoms with Crippen LogP contribution in [0.4, 0.5) is 0 Å². The van der Waals surface area contributed by atoms with E-state index in [9.17, 15) is 4.79 Å². The third kappa shape index (κ3) is 4.35. The van der Waals surface area contributed by atoms with Gasteiger partial charge in [-0.3, -0.25) is 14.8 Å². The number of aromatic amines is 1. The zero-order valence-electron chi connectivity index (χ0n) is 19.0. The number of benzene rings is 1. The Balaban J connectivity index is 2.05. The normalized spacial score (nSPS) is 12.6. The number of nitrogens with zero attached hydrogens (tertiary/aromatic N) is 3. The molecule has 162 valence electrons. The van der Waals surface area contributed by atoms with Gasteiger partial charge in [0.1, 0.15) is 5.52 Å². The second-order valence-electron chi connectivity index (χ2n) is 8.28. The molecule has 0 bridgehead atoms. The number of hydrogen-bond acceptors (Lipinski definition) is 4. The zero-order valence-corrected chi connectivity index (χ0v) is 19.0. The molecule has 0 aliphatic heterocycles. The van der Waals surface area contributed by atoms with Gasteiger partial charge in [0.25, 0.3) is 5.56 Å². The molecule has 0 aliphatic carbocycles. The van der Waals surface area contributed by atoms with Crippen LogP contribution in [0.15, 0.2) is 29.1 Å². The monoisotopic (exact) mass is 410 g/mol. The molecule has 3 aromatic rings. The fourth-order valence-electron chi connectivity index (χ4n) is 4.16. The van der Waals surface area contributed by atoms with Gasteiger partial charge in [-0.1, -0.05) is 18.2 Å². The summed E-state index contributed by atoms with van der Waals surface area (Å²) in [6, 6.07) is 7.24. The van der Waals surface area contributed by atoms with Gasteiger partial charge in [-0.15, -0.1) is 0 Å². The first kappa shape index (κ1) is 22.2. The molecule has 0 saturated carbocycles. The number of methoxy groups -OCH3 is 1. The molecular weight excluding hydrogens is 376 g/mol. The highest BCUT2D eigenvalue weighted by Crippen LogP contribution is 2.25. The SMILES string of the molecule is CCn1c(=O)c2c(CCOC)[nH]nc2c2cc(/C=C/CN(C(C)C)C(C)C)ccc21. The number of aryl methyl sites for hydroxylation is 1. The van der Waals surface area contributed by atoms with Crippen molar-refractivity contribution >= 4 is 27.9 Å². The largest absolute Gasteiger partial charge is 0.384 e. The second kappa shape index (κ2) is 9.58. The molecule has 0 spiro atoms. The van der Waals surface area contributed by atoms with Gasteiger partial charge in [-0.25, -0.2) is 0 Å². The zero-order chi connectivity index (χ0) is 21.8. The molecule has 0 fully saturated rings. The summed E-state index contributed by atoms with van der Waals surface area (Å²) in [5.74, 6) is 0. The minimum absolute atomic E-state index is 0.00709. The lowest BCUT2D eigenvalue weighted by Gasteiger charge is -2.29. The third-order valence-electron chi connectivity index (χ3n) is 5.69.